The molecule has 2 rings (SSSR count). The van der Waals surface area contributed by atoms with Crippen LogP contribution in [0.15, 0.2) is 18.2 Å². The van der Waals surface area contributed by atoms with Crippen molar-refractivity contribution in [2.45, 2.75) is 58.2 Å². The van der Waals surface area contributed by atoms with Crippen LogP contribution in [0.1, 0.15) is 43.7 Å². The number of hydrogen-bond donors (Lipinski definition) is 1. The first kappa shape index (κ1) is 14.8. The van der Waals surface area contributed by atoms with E-state index in [1.54, 1.807) is 0 Å². The third-order valence-electron chi connectivity index (χ3n) is 4.34. The van der Waals surface area contributed by atoms with E-state index in [-0.39, 0.29) is 0 Å². The van der Waals surface area contributed by atoms with Crippen molar-refractivity contribution in [3.05, 3.63) is 34.3 Å². The number of halogens is 1. The van der Waals surface area contributed by atoms with Crippen LogP contribution in [-0.4, -0.2) is 23.5 Å². The summed E-state index contributed by atoms with van der Waals surface area (Å²) in [5.41, 5.74) is 8.68. The van der Waals surface area contributed by atoms with E-state index >= 15 is 0 Å². The molecule has 106 valence electrons. The molecule has 1 aliphatic rings. The lowest BCUT2D eigenvalue weighted by Crippen LogP contribution is -2.40. The molecular weight excluding hydrogens is 256 g/mol. The summed E-state index contributed by atoms with van der Waals surface area (Å²) in [5.74, 6) is 0. The molecule has 1 aliphatic carbocycles. The SMILES string of the molecule is CCN(Cc1ccc(Cl)cc1C)C1CCC(N)CC1. The summed E-state index contributed by atoms with van der Waals surface area (Å²) in [6.45, 7) is 6.52. The normalized spacial score (nSPS) is 23.8. The maximum Gasteiger partial charge on any atom is 0.0408 e. The first-order valence-electron chi connectivity index (χ1n) is 7.34. The molecule has 0 bridgehead atoms. The van der Waals surface area contributed by atoms with Crippen LogP contribution in [0.3, 0.4) is 0 Å². The molecule has 0 heterocycles. The molecular formula is C16H25ClN2. The Balaban J connectivity index is 2.02. The van der Waals surface area contributed by atoms with Gasteiger partial charge in [0, 0.05) is 23.7 Å². The molecule has 0 saturated heterocycles. The molecule has 0 unspecified atom stereocenters. The molecule has 1 aromatic carbocycles. The van der Waals surface area contributed by atoms with Crippen LogP contribution in [0.25, 0.3) is 0 Å². The van der Waals surface area contributed by atoms with Gasteiger partial charge in [0.15, 0.2) is 0 Å². The van der Waals surface area contributed by atoms with Crippen LogP contribution in [0, 0.1) is 6.92 Å². The molecule has 1 aromatic rings. The van der Waals surface area contributed by atoms with Gasteiger partial charge in [-0.1, -0.05) is 24.6 Å². The summed E-state index contributed by atoms with van der Waals surface area (Å²) in [7, 11) is 0. The molecule has 0 aromatic heterocycles. The number of hydrogen-bond acceptors (Lipinski definition) is 2. The molecule has 0 amide bonds. The zero-order chi connectivity index (χ0) is 13.8. The number of nitrogens with two attached hydrogens (primary N) is 1. The van der Waals surface area contributed by atoms with Gasteiger partial charge in [-0.25, -0.2) is 0 Å². The van der Waals surface area contributed by atoms with E-state index in [1.165, 1.54) is 36.8 Å². The molecule has 0 spiro atoms. The van der Waals surface area contributed by atoms with Gasteiger partial charge < -0.3 is 5.73 Å². The van der Waals surface area contributed by atoms with E-state index in [4.69, 9.17) is 17.3 Å². The quantitative estimate of drug-likeness (QED) is 0.910. The summed E-state index contributed by atoms with van der Waals surface area (Å²) < 4.78 is 0. The predicted molar refractivity (Wildman–Crippen MR) is 82.5 cm³/mol. The van der Waals surface area contributed by atoms with E-state index in [2.05, 4.69) is 30.9 Å². The minimum atomic E-state index is 0.423. The van der Waals surface area contributed by atoms with Gasteiger partial charge in [-0.3, -0.25) is 4.90 Å². The van der Waals surface area contributed by atoms with Gasteiger partial charge in [0.25, 0.3) is 0 Å². The van der Waals surface area contributed by atoms with Crippen LogP contribution in [-0.2, 0) is 6.54 Å². The van der Waals surface area contributed by atoms with Gasteiger partial charge in [0.05, 0.1) is 0 Å². The van der Waals surface area contributed by atoms with Crippen molar-refractivity contribution < 1.29 is 0 Å². The van der Waals surface area contributed by atoms with Crippen molar-refractivity contribution in [3.8, 4) is 0 Å². The summed E-state index contributed by atoms with van der Waals surface area (Å²) in [4.78, 5) is 2.59. The highest BCUT2D eigenvalue weighted by molar-refractivity contribution is 6.30. The number of benzene rings is 1. The molecule has 2 N–H and O–H groups in total. The Morgan fingerprint density at radius 2 is 1.95 bits per heavy atom. The highest BCUT2D eigenvalue weighted by Crippen LogP contribution is 2.25. The lowest BCUT2D eigenvalue weighted by molar-refractivity contribution is 0.149. The van der Waals surface area contributed by atoms with Crippen LogP contribution < -0.4 is 5.73 Å². The Hall–Kier alpha value is -0.570. The highest BCUT2D eigenvalue weighted by atomic mass is 35.5. The molecule has 0 radical (unpaired) electrons. The molecule has 19 heavy (non-hydrogen) atoms. The molecule has 1 fully saturated rings. The number of nitrogens with zero attached hydrogens (tertiary/aromatic N) is 1. The Kier molecular flexibility index (Phi) is 5.26. The lowest BCUT2D eigenvalue weighted by Gasteiger charge is -2.35. The second kappa shape index (κ2) is 6.74. The van der Waals surface area contributed by atoms with E-state index < -0.39 is 0 Å². The molecule has 0 aliphatic heterocycles. The maximum absolute atomic E-state index is 6.02. The Morgan fingerprint density at radius 3 is 2.53 bits per heavy atom. The van der Waals surface area contributed by atoms with Gasteiger partial charge in [-0.05, 0) is 62.4 Å². The van der Waals surface area contributed by atoms with E-state index in [0.717, 1.165) is 18.1 Å². The van der Waals surface area contributed by atoms with E-state index in [9.17, 15) is 0 Å². The third kappa shape index (κ3) is 3.95. The van der Waals surface area contributed by atoms with Gasteiger partial charge in [0.2, 0.25) is 0 Å². The fraction of sp³-hybridized carbons (Fsp3) is 0.625. The fourth-order valence-corrected chi connectivity index (χ4v) is 3.25. The van der Waals surface area contributed by atoms with E-state index in [0.29, 0.717) is 12.1 Å². The second-order valence-corrected chi connectivity index (χ2v) is 6.14. The minimum Gasteiger partial charge on any atom is -0.328 e. The van der Waals surface area contributed by atoms with E-state index in [1.807, 2.05) is 6.07 Å². The molecule has 3 heteroatoms. The van der Waals surface area contributed by atoms with Crippen LogP contribution in [0.5, 0.6) is 0 Å². The third-order valence-corrected chi connectivity index (χ3v) is 4.58. The van der Waals surface area contributed by atoms with Crippen molar-refractivity contribution in [1.82, 2.24) is 4.90 Å². The van der Waals surface area contributed by atoms with Crippen molar-refractivity contribution in [3.63, 3.8) is 0 Å². The second-order valence-electron chi connectivity index (χ2n) is 5.70. The first-order chi connectivity index (χ1) is 9.10. The average molecular weight is 281 g/mol. The largest absolute Gasteiger partial charge is 0.328 e. The monoisotopic (exact) mass is 280 g/mol. The smallest absolute Gasteiger partial charge is 0.0408 e. The van der Waals surface area contributed by atoms with Crippen LogP contribution in [0.2, 0.25) is 5.02 Å². The number of aryl methyl sites for hydroxylation is 1. The Labute approximate surface area is 121 Å². The average Bonchev–Trinajstić information content (AvgIpc) is 2.39. The van der Waals surface area contributed by atoms with Crippen LogP contribution in [0.4, 0.5) is 0 Å². The van der Waals surface area contributed by atoms with Gasteiger partial charge in [0.1, 0.15) is 0 Å². The van der Waals surface area contributed by atoms with Gasteiger partial charge >= 0.3 is 0 Å². The first-order valence-corrected chi connectivity index (χ1v) is 7.72. The van der Waals surface area contributed by atoms with Gasteiger partial charge in [-0.15, -0.1) is 0 Å². The topological polar surface area (TPSA) is 29.3 Å². The van der Waals surface area contributed by atoms with Crippen molar-refractivity contribution in [1.29, 1.82) is 0 Å². The zero-order valence-corrected chi connectivity index (χ0v) is 12.8. The van der Waals surface area contributed by atoms with Crippen LogP contribution >= 0.6 is 11.6 Å². The number of rotatable bonds is 4. The maximum atomic E-state index is 6.02. The minimum absolute atomic E-state index is 0.423. The lowest BCUT2D eigenvalue weighted by atomic mass is 9.90. The Morgan fingerprint density at radius 1 is 1.26 bits per heavy atom. The standard InChI is InChI=1S/C16H25ClN2/c1-3-19(16-8-6-15(18)7-9-16)11-13-4-5-14(17)10-12(13)2/h4-5,10,15-16H,3,6-9,11,18H2,1-2H3. The fourth-order valence-electron chi connectivity index (χ4n) is 3.02. The summed E-state index contributed by atoms with van der Waals surface area (Å²) in [6.07, 6.45) is 4.81. The Bertz CT molecular complexity index is 411. The zero-order valence-electron chi connectivity index (χ0n) is 12.0. The predicted octanol–water partition coefficient (Wildman–Crippen LogP) is 3.74. The van der Waals surface area contributed by atoms with Crippen molar-refractivity contribution in [2.75, 3.05) is 6.54 Å². The van der Waals surface area contributed by atoms with Gasteiger partial charge in [-0.2, -0.15) is 0 Å². The molecule has 0 atom stereocenters. The molecule has 2 nitrogen and oxygen atoms in total. The summed E-state index contributed by atoms with van der Waals surface area (Å²) in [6, 6.07) is 7.33. The van der Waals surface area contributed by atoms with Crippen molar-refractivity contribution >= 4 is 11.6 Å². The highest BCUT2D eigenvalue weighted by Gasteiger charge is 2.23. The summed E-state index contributed by atoms with van der Waals surface area (Å²) in [5, 5.41) is 0.827. The molecule has 1 saturated carbocycles. The van der Waals surface area contributed by atoms with Crippen molar-refractivity contribution in [2.24, 2.45) is 5.73 Å². The summed E-state index contributed by atoms with van der Waals surface area (Å²) >= 11 is 6.02.